The van der Waals surface area contributed by atoms with Gasteiger partial charge in [-0.05, 0) is 69.5 Å². The molecule has 0 atom stereocenters. The van der Waals surface area contributed by atoms with Crippen LogP contribution in [0.5, 0.6) is 17.2 Å². The molecule has 0 bridgehead atoms. The number of benzene rings is 4. The Hall–Kier alpha value is -3.33. The molecule has 1 N–H and O–H groups in total. The van der Waals surface area contributed by atoms with Gasteiger partial charge in [-0.15, -0.1) is 0 Å². The number of rotatable bonds is 10. The summed E-state index contributed by atoms with van der Waals surface area (Å²) in [5, 5.41) is 4.78. The first-order valence-electron chi connectivity index (χ1n) is 11.5. The van der Waals surface area contributed by atoms with E-state index in [1.165, 1.54) is 13.3 Å². The third kappa shape index (κ3) is 7.60. The predicted octanol–water partition coefficient (Wildman–Crippen LogP) is 7.80. The minimum Gasteiger partial charge on any atom is -0.493 e. The Morgan fingerprint density at radius 1 is 0.895 bits per heavy atom. The van der Waals surface area contributed by atoms with Crippen LogP contribution in [-0.2, 0) is 13.2 Å². The van der Waals surface area contributed by atoms with E-state index in [0.29, 0.717) is 46.6 Å². The number of hydrazone groups is 1. The van der Waals surface area contributed by atoms with Gasteiger partial charge < -0.3 is 14.2 Å². The van der Waals surface area contributed by atoms with Crippen LogP contribution in [0.2, 0.25) is 5.02 Å². The van der Waals surface area contributed by atoms with Crippen LogP contribution in [-0.4, -0.2) is 19.2 Å². The molecule has 9 heteroatoms. The monoisotopic (exact) mass is 656 g/mol. The number of hydrogen-bond donors (Lipinski definition) is 1. The third-order valence-electron chi connectivity index (χ3n) is 5.34. The van der Waals surface area contributed by atoms with Crippen molar-refractivity contribution < 1.29 is 19.0 Å². The lowest BCUT2D eigenvalue weighted by atomic mass is 10.2. The molecule has 4 rings (SSSR count). The van der Waals surface area contributed by atoms with Crippen molar-refractivity contribution in [2.75, 3.05) is 7.11 Å². The first-order valence-corrected chi connectivity index (χ1v) is 13.4. The van der Waals surface area contributed by atoms with E-state index in [1.54, 1.807) is 18.2 Å². The number of nitrogens with one attached hydrogen (secondary N) is 1. The van der Waals surface area contributed by atoms with Crippen molar-refractivity contribution in [3.05, 3.63) is 121 Å². The summed E-state index contributed by atoms with van der Waals surface area (Å²) in [6, 6.07) is 25.9. The van der Waals surface area contributed by atoms with Gasteiger partial charge in [-0.1, -0.05) is 70.0 Å². The zero-order chi connectivity index (χ0) is 26.9. The molecule has 0 aliphatic rings. The molecule has 0 aliphatic heterocycles. The first-order chi connectivity index (χ1) is 18.4. The van der Waals surface area contributed by atoms with Crippen LogP contribution in [0.1, 0.15) is 27.0 Å². The summed E-state index contributed by atoms with van der Waals surface area (Å²) < 4.78 is 18.9. The Labute approximate surface area is 242 Å². The second kappa shape index (κ2) is 13.5. The summed E-state index contributed by atoms with van der Waals surface area (Å²) in [5.74, 6) is 1.17. The molecule has 194 valence electrons. The van der Waals surface area contributed by atoms with Crippen molar-refractivity contribution in [2.24, 2.45) is 5.10 Å². The molecule has 0 saturated heterocycles. The highest BCUT2D eigenvalue weighted by Gasteiger charge is 2.13. The lowest BCUT2D eigenvalue weighted by Gasteiger charge is -2.13. The van der Waals surface area contributed by atoms with Gasteiger partial charge in [0.25, 0.3) is 5.91 Å². The zero-order valence-electron chi connectivity index (χ0n) is 20.3. The number of carbonyl (C=O) groups is 1. The van der Waals surface area contributed by atoms with E-state index in [2.05, 4.69) is 42.4 Å². The molecule has 0 radical (unpaired) electrons. The lowest BCUT2D eigenvalue weighted by molar-refractivity contribution is 0.0954. The zero-order valence-corrected chi connectivity index (χ0v) is 24.2. The van der Waals surface area contributed by atoms with Gasteiger partial charge in [0, 0.05) is 20.6 Å². The van der Waals surface area contributed by atoms with Crippen molar-refractivity contribution in [3.63, 3.8) is 0 Å². The highest BCUT2D eigenvalue weighted by Crippen LogP contribution is 2.33. The molecule has 0 unspecified atom stereocenters. The molecule has 0 heterocycles. The fourth-order valence-corrected chi connectivity index (χ4v) is 5.08. The number of amides is 1. The number of hydrogen-bond acceptors (Lipinski definition) is 5. The summed E-state index contributed by atoms with van der Waals surface area (Å²) in [7, 11) is 1.53. The molecular formula is C29H23Br2ClN2O4. The summed E-state index contributed by atoms with van der Waals surface area (Å²) >= 11 is 13.1. The molecule has 6 nitrogen and oxygen atoms in total. The van der Waals surface area contributed by atoms with Gasteiger partial charge >= 0.3 is 0 Å². The van der Waals surface area contributed by atoms with Crippen LogP contribution in [0, 0.1) is 0 Å². The van der Waals surface area contributed by atoms with Crippen LogP contribution in [0.15, 0.2) is 99.0 Å². The normalized spacial score (nSPS) is 10.8. The molecular weight excluding hydrogens is 636 g/mol. The highest BCUT2D eigenvalue weighted by molar-refractivity contribution is 9.11. The average molecular weight is 659 g/mol. The van der Waals surface area contributed by atoms with Gasteiger partial charge in [-0.25, -0.2) is 5.43 Å². The molecule has 1 amide bonds. The Kier molecular flexibility index (Phi) is 9.81. The van der Waals surface area contributed by atoms with Crippen molar-refractivity contribution in [1.82, 2.24) is 5.43 Å². The number of halogens is 3. The molecule has 4 aromatic carbocycles. The van der Waals surface area contributed by atoms with Crippen LogP contribution < -0.4 is 19.6 Å². The van der Waals surface area contributed by atoms with Crippen LogP contribution in [0.3, 0.4) is 0 Å². The van der Waals surface area contributed by atoms with Gasteiger partial charge in [0.05, 0.1) is 17.8 Å². The topological polar surface area (TPSA) is 69.2 Å². The smallest absolute Gasteiger partial charge is 0.271 e. The maximum Gasteiger partial charge on any atom is 0.271 e. The summed E-state index contributed by atoms with van der Waals surface area (Å²) in [5.41, 5.74) is 5.54. The first kappa shape index (κ1) is 27.7. The molecule has 38 heavy (non-hydrogen) atoms. The molecule has 4 aromatic rings. The maximum absolute atomic E-state index is 12.8. The van der Waals surface area contributed by atoms with E-state index < -0.39 is 5.91 Å². The second-order valence-corrected chi connectivity index (χ2v) is 10.3. The van der Waals surface area contributed by atoms with E-state index in [4.69, 9.17) is 25.8 Å². The second-order valence-electron chi connectivity index (χ2n) is 8.06. The van der Waals surface area contributed by atoms with Gasteiger partial charge in [0.2, 0.25) is 0 Å². The van der Waals surface area contributed by atoms with Crippen LogP contribution >= 0.6 is 43.5 Å². The SMILES string of the molecule is COc1cc(C(=O)N/N=C/c2cc(Br)cc(Br)c2OCc2cccc(Cl)c2)ccc1OCc1ccccc1. The molecule has 0 fully saturated rings. The van der Waals surface area contributed by atoms with Crippen molar-refractivity contribution in [3.8, 4) is 17.2 Å². The van der Waals surface area contributed by atoms with E-state index in [0.717, 1.165) is 20.1 Å². The van der Waals surface area contributed by atoms with Crippen molar-refractivity contribution >= 4 is 55.6 Å². The number of ether oxygens (including phenoxy) is 3. The van der Waals surface area contributed by atoms with Gasteiger partial charge in [-0.3, -0.25) is 4.79 Å². The number of methoxy groups -OCH3 is 1. The Balaban J connectivity index is 1.43. The van der Waals surface area contributed by atoms with Gasteiger partial charge in [0.1, 0.15) is 19.0 Å². The Morgan fingerprint density at radius 3 is 2.42 bits per heavy atom. The van der Waals surface area contributed by atoms with Gasteiger partial charge in [0.15, 0.2) is 11.5 Å². The molecule has 0 saturated carbocycles. The Morgan fingerprint density at radius 2 is 1.66 bits per heavy atom. The molecule has 0 spiro atoms. The summed E-state index contributed by atoms with van der Waals surface area (Å²) in [6.45, 7) is 0.698. The van der Waals surface area contributed by atoms with Crippen molar-refractivity contribution in [1.29, 1.82) is 0 Å². The number of nitrogens with zero attached hydrogens (tertiary/aromatic N) is 1. The average Bonchev–Trinajstić information content (AvgIpc) is 2.91. The molecule has 0 aromatic heterocycles. The standard InChI is InChI=1S/C29H23Br2ClN2O4/c1-36-27-14-21(10-11-26(27)37-17-19-6-3-2-4-7-19)29(35)34-33-16-22-13-23(30)15-25(31)28(22)38-18-20-8-5-9-24(32)12-20/h2-16H,17-18H2,1H3,(H,34,35)/b33-16+. The predicted molar refractivity (Wildman–Crippen MR) is 156 cm³/mol. The number of carbonyl (C=O) groups excluding carboxylic acids is 1. The van der Waals surface area contributed by atoms with Crippen LogP contribution in [0.4, 0.5) is 0 Å². The third-order valence-corrected chi connectivity index (χ3v) is 6.62. The lowest BCUT2D eigenvalue weighted by Crippen LogP contribution is -2.17. The fraction of sp³-hybridized carbons (Fsp3) is 0.103. The van der Waals surface area contributed by atoms with E-state index in [-0.39, 0.29) is 0 Å². The summed E-state index contributed by atoms with van der Waals surface area (Å²) in [4.78, 5) is 12.8. The minimum absolute atomic E-state index is 0.312. The minimum atomic E-state index is -0.399. The molecule has 0 aliphatic carbocycles. The van der Waals surface area contributed by atoms with E-state index in [1.807, 2.05) is 66.7 Å². The Bertz CT molecular complexity index is 1450. The summed E-state index contributed by atoms with van der Waals surface area (Å²) in [6.07, 6.45) is 1.52. The fourth-order valence-electron chi connectivity index (χ4n) is 3.50. The van der Waals surface area contributed by atoms with Crippen LogP contribution in [0.25, 0.3) is 0 Å². The highest BCUT2D eigenvalue weighted by atomic mass is 79.9. The largest absolute Gasteiger partial charge is 0.493 e. The van der Waals surface area contributed by atoms with Crippen molar-refractivity contribution in [2.45, 2.75) is 13.2 Å². The van der Waals surface area contributed by atoms with E-state index >= 15 is 0 Å². The van der Waals surface area contributed by atoms with E-state index in [9.17, 15) is 4.79 Å². The quantitative estimate of drug-likeness (QED) is 0.140. The van der Waals surface area contributed by atoms with Gasteiger partial charge in [-0.2, -0.15) is 5.10 Å². The maximum atomic E-state index is 12.8.